The van der Waals surface area contributed by atoms with Crippen molar-refractivity contribution in [3.63, 3.8) is 0 Å². The fourth-order valence-corrected chi connectivity index (χ4v) is 1.55. The summed E-state index contributed by atoms with van der Waals surface area (Å²) in [6.07, 6.45) is 1.99. The van der Waals surface area contributed by atoms with Crippen LogP contribution in [0.4, 0.5) is 0 Å². The van der Waals surface area contributed by atoms with Gasteiger partial charge in [0, 0.05) is 12.6 Å². The van der Waals surface area contributed by atoms with Crippen LogP contribution in [0.3, 0.4) is 0 Å². The summed E-state index contributed by atoms with van der Waals surface area (Å²) in [7, 11) is 1.62. The third-order valence-corrected chi connectivity index (χ3v) is 2.47. The predicted molar refractivity (Wildman–Crippen MR) is 65.3 cm³/mol. The molecule has 0 saturated carbocycles. The molecule has 0 amide bonds. The third kappa shape index (κ3) is 2.91. The largest absolute Gasteiger partial charge is 0.497 e. The predicted octanol–water partition coefficient (Wildman–Crippen LogP) is 2.52. The van der Waals surface area contributed by atoms with E-state index in [1.807, 2.05) is 30.3 Å². The van der Waals surface area contributed by atoms with E-state index in [0.29, 0.717) is 12.1 Å². The second kappa shape index (κ2) is 5.25. The number of benzene rings is 1. The van der Waals surface area contributed by atoms with E-state index >= 15 is 0 Å². The number of Topliss-reactive ketones (excluding diaryl/α,β-unsaturated/α-hetero) is 1. The zero-order chi connectivity index (χ0) is 12.1. The second-order valence-corrected chi connectivity index (χ2v) is 3.66. The van der Waals surface area contributed by atoms with E-state index in [1.165, 1.54) is 0 Å². The van der Waals surface area contributed by atoms with Crippen molar-refractivity contribution in [1.82, 2.24) is 4.98 Å². The molecule has 0 atom stereocenters. The summed E-state index contributed by atoms with van der Waals surface area (Å²) in [6, 6.07) is 12.8. The average Bonchev–Trinajstić information content (AvgIpc) is 2.40. The molecule has 0 aliphatic heterocycles. The lowest BCUT2D eigenvalue weighted by molar-refractivity contribution is 0.0988. The normalized spacial score (nSPS) is 9.94. The van der Waals surface area contributed by atoms with Gasteiger partial charge in [-0.3, -0.25) is 9.78 Å². The Morgan fingerprint density at radius 3 is 2.53 bits per heavy atom. The summed E-state index contributed by atoms with van der Waals surface area (Å²) in [6.45, 7) is 0. The number of carbonyl (C=O) groups is 1. The summed E-state index contributed by atoms with van der Waals surface area (Å²) in [5, 5.41) is 0. The molecule has 0 saturated heterocycles. The van der Waals surface area contributed by atoms with E-state index in [4.69, 9.17) is 4.74 Å². The van der Waals surface area contributed by atoms with Crippen LogP contribution in [0.15, 0.2) is 48.7 Å². The van der Waals surface area contributed by atoms with Crippen LogP contribution >= 0.6 is 0 Å². The van der Waals surface area contributed by atoms with Crippen LogP contribution in [0.25, 0.3) is 0 Å². The van der Waals surface area contributed by atoms with Crippen molar-refractivity contribution in [1.29, 1.82) is 0 Å². The van der Waals surface area contributed by atoms with Gasteiger partial charge in [0.15, 0.2) is 5.78 Å². The summed E-state index contributed by atoms with van der Waals surface area (Å²) >= 11 is 0. The minimum absolute atomic E-state index is 0.0239. The molecule has 0 bridgehead atoms. The highest BCUT2D eigenvalue weighted by Crippen LogP contribution is 2.12. The molecule has 0 aliphatic rings. The lowest BCUT2D eigenvalue weighted by Crippen LogP contribution is -2.05. The standard InChI is InChI=1S/C14H13NO2/c1-17-12-7-5-11(6-8-12)10-14(16)13-4-2-3-9-15-13/h2-9H,10H2,1H3. The SMILES string of the molecule is COc1ccc(CC(=O)c2ccccn2)cc1. The van der Waals surface area contributed by atoms with Gasteiger partial charge < -0.3 is 4.74 Å². The Hall–Kier alpha value is -2.16. The first kappa shape index (κ1) is 11.3. The molecule has 2 rings (SSSR count). The molecule has 3 nitrogen and oxygen atoms in total. The molecule has 0 spiro atoms. The number of nitrogens with zero attached hydrogens (tertiary/aromatic N) is 1. The fourth-order valence-electron chi connectivity index (χ4n) is 1.55. The van der Waals surface area contributed by atoms with Gasteiger partial charge >= 0.3 is 0 Å². The highest BCUT2D eigenvalue weighted by molar-refractivity contribution is 5.95. The van der Waals surface area contributed by atoms with E-state index in [9.17, 15) is 4.79 Å². The number of ether oxygens (including phenoxy) is 1. The van der Waals surface area contributed by atoms with Gasteiger partial charge in [-0.05, 0) is 29.8 Å². The quantitative estimate of drug-likeness (QED) is 0.753. The van der Waals surface area contributed by atoms with Crippen molar-refractivity contribution in [2.24, 2.45) is 0 Å². The number of rotatable bonds is 4. The van der Waals surface area contributed by atoms with E-state index in [-0.39, 0.29) is 5.78 Å². The summed E-state index contributed by atoms with van der Waals surface area (Å²) in [5.41, 5.74) is 1.46. The van der Waals surface area contributed by atoms with E-state index < -0.39 is 0 Å². The van der Waals surface area contributed by atoms with Gasteiger partial charge in [-0.15, -0.1) is 0 Å². The molecule has 0 radical (unpaired) electrons. The molecule has 3 heteroatoms. The highest BCUT2D eigenvalue weighted by Gasteiger charge is 2.07. The number of aromatic nitrogens is 1. The number of carbonyl (C=O) groups excluding carboxylic acids is 1. The first-order valence-corrected chi connectivity index (χ1v) is 5.37. The number of methoxy groups -OCH3 is 1. The number of hydrogen-bond acceptors (Lipinski definition) is 3. The van der Waals surface area contributed by atoms with Crippen molar-refractivity contribution >= 4 is 5.78 Å². The summed E-state index contributed by atoms with van der Waals surface area (Å²) < 4.78 is 5.06. The van der Waals surface area contributed by atoms with Gasteiger partial charge in [-0.25, -0.2) is 0 Å². The van der Waals surface area contributed by atoms with Gasteiger partial charge in [-0.1, -0.05) is 18.2 Å². The molecular weight excluding hydrogens is 214 g/mol. The van der Waals surface area contributed by atoms with Gasteiger partial charge in [0.05, 0.1) is 7.11 Å². The Bertz CT molecular complexity index is 491. The number of hydrogen-bond donors (Lipinski definition) is 0. The lowest BCUT2D eigenvalue weighted by Gasteiger charge is -2.02. The zero-order valence-corrected chi connectivity index (χ0v) is 9.59. The second-order valence-electron chi connectivity index (χ2n) is 3.66. The van der Waals surface area contributed by atoms with Crippen molar-refractivity contribution in [3.8, 4) is 5.75 Å². The van der Waals surface area contributed by atoms with Crippen LogP contribution in [-0.2, 0) is 6.42 Å². The van der Waals surface area contributed by atoms with Crippen molar-refractivity contribution in [3.05, 3.63) is 59.9 Å². The Balaban J connectivity index is 2.08. The zero-order valence-electron chi connectivity index (χ0n) is 9.59. The van der Waals surface area contributed by atoms with E-state index in [0.717, 1.165) is 11.3 Å². The number of pyridine rings is 1. The van der Waals surface area contributed by atoms with Crippen LogP contribution in [0.5, 0.6) is 5.75 Å². The first-order valence-electron chi connectivity index (χ1n) is 5.37. The Labute approximate surface area is 100 Å². The molecule has 1 aromatic carbocycles. The Morgan fingerprint density at radius 1 is 1.18 bits per heavy atom. The molecule has 1 aromatic heterocycles. The number of ketones is 1. The van der Waals surface area contributed by atoms with E-state index in [1.54, 1.807) is 25.4 Å². The molecule has 0 aliphatic carbocycles. The highest BCUT2D eigenvalue weighted by atomic mass is 16.5. The Kier molecular flexibility index (Phi) is 3.50. The summed E-state index contributed by atoms with van der Waals surface area (Å²) in [4.78, 5) is 15.9. The van der Waals surface area contributed by atoms with E-state index in [2.05, 4.69) is 4.98 Å². The molecule has 0 unspecified atom stereocenters. The fraction of sp³-hybridized carbons (Fsp3) is 0.143. The maximum absolute atomic E-state index is 11.9. The van der Waals surface area contributed by atoms with Crippen LogP contribution < -0.4 is 4.74 Å². The lowest BCUT2D eigenvalue weighted by atomic mass is 10.1. The molecule has 17 heavy (non-hydrogen) atoms. The minimum Gasteiger partial charge on any atom is -0.497 e. The molecule has 0 N–H and O–H groups in total. The smallest absolute Gasteiger partial charge is 0.185 e. The molecule has 0 fully saturated rings. The molecule has 1 heterocycles. The van der Waals surface area contributed by atoms with Gasteiger partial charge in [0.25, 0.3) is 0 Å². The van der Waals surface area contributed by atoms with Crippen molar-refractivity contribution in [2.75, 3.05) is 7.11 Å². The van der Waals surface area contributed by atoms with Crippen LogP contribution in [-0.4, -0.2) is 17.9 Å². The molecule has 86 valence electrons. The topological polar surface area (TPSA) is 39.2 Å². The minimum atomic E-state index is 0.0239. The third-order valence-electron chi connectivity index (χ3n) is 2.47. The van der Waals surface area contributed by atoms with Gasteiger partial charge in [0.2, 0.25) is 0 Å². The summed E-state index contributed by atoms with van der Waals surface area (Å²) in [5.74, 6) is 0.815. The molecular formula is C14H13NO2. The van der Waals surface area contributed by atoms with Gasteiger partial charge in [-0.2, -0.15) is 0 Å². The van der Waals surface area contributed by atoms with Crippen LogP contribution in [0.1, 0.15) is 16.1 Å². The van der Waals surface area contributed by atoms with Gasteiger partial charge in [0.1, 0.15) is 11.4 Å². The maximum atomic E-state index is 11.9. The molecule has 2 aromatic rings. The Morgan fingerprint density at radius 2 is 1.94 bits per heavy atom. The van der Waals surface area contributed by atoms with Crippen LogP contribution in [0.2, 0.25) is 0 Å². The van der Waals surface area contributed by atoms with Crippen LogP contribution in [0, 0.1) is 0 Å². The monoisotopic (exact) mass is 227 g/mol. The van der Waals surface area contributed by atoms with Crippen molar-refractivity contribution in [2.45, 2.75) is 6.42 Å². The van der Waals surface area contributed by atoms with Crippen molar-refractivity contribution < 1.29 is 9.53 Å². The average molecular weight is 227 g/mol. The first-order chi connectivity index (χ1) is 8.29. The maximum Gasteiger partial charge on any atom is 0.185 e.